The van der Waals surface area contributed by atoms with E-state index >= 15 is 0 Å². The monoisotopic (exact) mass is 240 g/mol. The third-order valence-corrected chi connectivity index (χ3v) is 0. The molecule has 0 bridgehead atoms. The van der Waals surface area contributed by atoms with Gasteiger partial charge >= 0.3 is 42.6 Å². The van der Waals surface area contributed by atoms with Crippen molar-refractivity contribution in [2.45, 2.75) is 0 Å². The van der Waals surface area contributed by atoms with Gasteiger partial charge in [-0.25, -0.2) is 0 Å². The summed E-state index contributed by atoms with van der Waals surface area (Å²) in [4.78, 5) is 0. The van der Waals surface area contributed by atoms with E-state index in [1.165, 1.54) is 0 Å². The summed E-state index contributed by atoms with van der Waals surface area (Å²) in [6, 6.07) is 0. The summed E-state index contributed by atoms with van der Waals surface area (Å²) < 4.78 is 7.94. The molecular weight excluding hydrogens is 238 g/mol. The predicted molar refractivity (Wildman–Crippen MR) is 9.23 cm³/mol. The van der Waals surface area contributed by atoms with Gasteiger partial charge in [0.15, 0.2) is 0 Å². The molecule has 0 atom stereocenters. The SMILES string of the molecule is [La].[MgH2].[O]=[Co]. The Hall–Kier alpha value is 2.27. The Morgan fingerprint density at radius 1 is 1.25 bits per heavy atom. The first-order valence-electron chi connectivity index (χ1n) is 0.136. The van der Waals surface area contributed by atoms with Gasteiger partial charge in [0.05, 0.1) is 0 Å². The molecule has 22 valence electrons. The minimum absolute atomic E-state index is 0. The fourth-order valence-electron chi connectivity index (χ4n) is 0. The summed E-state index contributed by atoms with van der Waals surface area (Å²) in [5.41, 5.74) is 0. The molecule has 0 aromatic heterocycles. The zero-order valence-electron chi connectivity index (χ0n) is 1.32. The van der Waals surface area contributed by atoms with E-state index in [0.717, 1.165) is 0 Å². The standard InChI is InChI=1S/Co.La.Mg.O.2H. The summed E-state index contributed by atoms with van der Waals surface area (Å²) in [7, 11) is 0. The quantitative estimate of drug-likeness (QED) is 0.494. The van der Waals surface area contributed by atoms with Gasteiger partial charge in [-0.1, -0.05) is 0 Å². The maximum absolute atomic E-state index is 7.94. The van der Waals surface area contributed by atoms with Crippen LogP contribution in [-0.4, -0.2) is 23.1 Å². The van der Waals surface area contributed by atoms with Crippen molar-refractivity contribution in [2.75, 3.05) is 0 Å². The van der Waals surface area contributed by atoms with E-state index in [2.05, 4.69) is 15.7 Å². The van der Waals surface area contributed by atoms with Crippen LogP contribution in [0, 0.1) is 35.6 Å². The average Bonchev–Trinajstić information content (AvgIpc) is 1.00. The molecule has 4 heteroatoms. The topological polar surface area (TPSA) is 17.1 Å². The Labute approximate surface area is 76.8 Å². The normalized spacial score (nSPS) is 1.25. The van der Waals surface area contributed by atoms with Gasteiger partial charge in [0, 0.05) is 35.6 Å². The number of rotatable bonds is 0. The Balaban J connectivity index is -0.00000000500. The third-order valence-electron chi connectivity index (χ3n) is 0. The second-order valence-corrected chi connectivity index (χ2v) is 0. The zero-order valence-corrected chi connectivity index (χ0v) is 5.99. The van der Waals surface area contributed by atoms with Crippen molar-refractivity contribution in [1.29, 1.82) is 0 Å². The summed E-state index contributed by atoms with van der Waals surface area (Å²) >= 11 is 2.31. The van der Waals surface area contributed by atoms with E-state index < -0.39 is 0 Å². The van der Waals surface area contributed by atoms with E-state index in [1.54, 1.807) is 0 Å². The average molecular weight is 240 g/mol. The summed E-state index contributed by atoms with van der Waals surface area (Å²) in [5.74, 6) is 0. The van der Waals surface area contributed by atoms with Gasteiger partial charge in [-0.2, -0.15) is 0 Å². The Bertz CT molecular complexity index is 8.00. The molecule has 0 aromatic carbocycles. The van der Waals surface area contributed by atoms with Crippen molar-refractivity contribution in [1.82, 2.24) is 0 Å². The molecule has 0 saturated carbocycles. The second-order valence-electron chi connectivity index (χ2n) is 0. The van der Waals surface area contributed by atoms with E-state index in [9.17, 15) is 0 Å². The van der Waals surface area contributed by atoms with Gasteiger partial charge in [0.25, 0.3) is 0 Å². The van der Waals surface area contributed by atoms with Gasteiger partial charge in [0.2, 0.25) is 0 Å². The molecule has 0 rings (SSSR count). The molecule has 0 amide bonds. The van der Waals surface area contributed by atoms with Crippen molar-refractivity contribution < 1.29 is 55.1 Å². The summed E-state index contributed by atoms with van der Waals surface area (Å²) in [5, 5.41) is 0. The number of hydrogen-bond donors (Lipinski definition) is 0. The van der Waals surface area contributed by atoms with Crippen molar-refractivity contribution in [3.05, 3.63) is 0 Å². The first kappa shape index (κ1) is 16.3. The van der Waals surface area contributed by atoms with Crippen LogP contribution in [0.2, 0.25) is 0 Å². The molecule has 0 aromatic rings. The van der Waals surface area contributed by atoms with Crippen LogP contribution in [0.15, 0.2) is 0 Å². The van der Waals surface area contributed by atoms with E-state index in [-0.39, 0.29) is 58.7 Å². The van der Waals surface area contributed by atoms with Crippen LogP contribution in [0.1, 0.15) is 0 Å². The van der Waals surface area contributed by atoms with Gasteiger partial charge in [-0.05, 0) is 0 Å². The molecule has 0 saturated heterocycles. The maximum atomic E-state index is 7.94. The minimum atomic E-state index is 0. The van der Waals surface area contributed by atoms with Crippen molar-refractivity contribution in [3.63, 3.8) is 0 Å². The van der Waals surface area contributed by atoms with Crippen LogP contribution in [0.3, 0.4) is 0 Å². The van der Waals surface area contributed by atoms with Crippen LogP contribution >= 0.6 is 0 Å². The van der Waals surface area contributed by atoms with E-state index in [4.69, 9.17) is 3.87 Å². The molecule has 0 aliphatic heterocycles. The molecular formula is H2CoLaMgO. The van der Waals surface area contributed by atoms with Crippen molar-refractivity contribution in [2.24, 2.45) is 0 Å². The van der Waals surface area contributed by atoms with Crippen LogP contribution in [0.4, 0.5) is 0 Å². The van der Waals surface area contributed by atoms with Gasteiger partial charge in [-0.15, -0.1) is 0 Å². The Morgan fingerprint density at radius 3 is 1.25 bits per heavy atom. The molecule has 1 nitrogen and oxygen atoms in total. The summed E-state index contributed by atoms with van der Waals surface area (Å²) in [6.45, 7) is 0. The van der Waals surface area contributed by atoms with Crippen LogP contribution < -0.4 is 0 Å². The summed E-state index contributed by atoms with van der Waals surface area (Å²) in [6.07, 6.45) is 0. The molecule has 0 heterocycles. The van der Waals surface area contributed by atoms with Crippen LogP contribution in [-0.2, 0) is 19.5 Å². The Kier molecular flexibility index (Phi) is 76.0. The molecule has 0 aliphatic carbocycles. The number of hydrogen-bond acceptors (Lipinski definition) is 1. The van der Waals surface area contributed by atoms with Crippen LogP contribution in [0.5, 0.6) is 0 Å². The van der Waals surface area contributed by atoms with Crippen molar-refractivity contribution in [3.8, 4) is 0 Å². The van der Waals surface area contributed by atoms with Gasteiger partial charge in [-0.3, -0.25) is 0 Å². The van der Waals surface area contributed by atoms with Gasteiger partial charge < -0.3 is 0 Å². The molecule has 0 N–H and O–H groups in total. The molecule has 0 aliphatic rings. The van der Waals surface area contributed by atoms with E-state index in [1.807, 2.05) is 0 Å². The zero-order chi connectivity index (χ0) is 2.00. The molecule has 4 heavy (non-hydrogen) atoms. The molecule has 0 fully saturated rings. The molecule has 0 spiro atoms. The Morgan fingerprint density at radius 2 is 1.25 bits per heavy atom. The molecule has 1 radical (unpaired) electrons. The third kappa shape index (κ3) is 8.86. The predicted octanol–water partition coefficient (Wildman–Crippen LogP) is -1.04. The second kappa shape index (κ2) is 18.7. The van der Waals surface area contributed by atoms with E-state index in [0.29, 0.717) is 0 Å². The first-order chi connectivity index (χ1) is 1.00. The van der Waals surface area contributed by atoms with Crippen molar-refractivity contribution >= 4 is 23.1 Å². The van der Waals surface area contributed by atoms with Crippen LogP contribution in [0.25, 0.3) is 0 Å². The first-order valence-corrected chi connectivity index (χ1v) is 0.561. The fraction of sp³-hybridized carbons (Fsp3) is 0. The molecule has 0 unspecified atom stereocenters. The fourth-order valence-corrected chi connectivity index (χ4v) is 0. The van der Waals surface area contributed by atoms with Gasteiger partial charge in [0.1, 0.15) is 0 Å².